The topological polar surface area (TPSA) is 552 Å². The zero-order chi connectivity index (χ0) is 71.3. The molecule has 17 N–H and O–H groups in total. The number of carbonyl (C=O) groups excluding carboxylic acids is 10. The highest BCUT2D eigenvalue weighted by molar-refractivity contribution is 5.88. The molecule has 0 aliphatic carbocycles. The number of ether oxygens (including phenoxy) is 4. The molecule has 0 bridgehead atoms. The normalized spacial score (nSPS) is 12.4. The molecule has 546 valence electrons. The van der Waals surface area contributed by atoms with Crippen LogP contribution in [0.4, 0.5) is 0 Å². The summed E-state index contributed by atoms with van der Waals surface area (Å²) in [4.78, 5) is 184. The van der Waals surface area contributed by atoms with Gasteiger partial charge in [-0.25, -0.2) is 0 Å². The Balaban J connectivity index is -0.0000442. The van der Waals surface area contributed by atoms with Crippen LogP contribution in [0.3, 0.4) is 0 Å². The van der Waals surface area contributed by atoms with Crippen LogP contribution in [-0.2, 0) is 90.9 Å². The Morgan fingerprint density at radius 1 is 0.400 bits per heavy atom. The van der Waals surface area contributed by atoms with Crippen LogP contribution in [0.2, 0.25) is 0 Å². The van der Waals surface area contributed by atoms with Crippen LogP contribution in [-0.4, -0.2) is 304 Å². The number of primary amides is 2. The van der Waals surface area contributed by atoms with Gasteiger partial charge in [0.1, 0.15) is 36.9 Å². The third-order valence-electron chi connectivity index (χ3n) is 13.6. The van der Waals surface area contributed by atoms with E-state index < -0.39 is 110 Å². The lowest BCUT2D eigenvalue weighted by Crippen LogP contribution is -2.50. The average molecular weight is 1370 g/mol. The lowest BCUT2D eigenvalue weighted by Gasteiger charge is -2.32. The Hall–Kier alpha value is -7.91. The van der Waals surface area contributed by atoms with Crippen LogP contribution in [0.1, 0.15) is 107 Å². The first-order valence-electron chi connectivity index (χ1n) is 31.4. The highest BCUT2D eigenvalue weighted by atomic mass is 16.5. The molecule has 0 fully saturated rings. The van der Waals surface area contributed by atoms with Gasteiger partial charge >= 0.3 is 29.8 Å². The number of nitrogens with one attached hydrogen (secondary N) is 8. The van der Waals surface area contributed by atoms with E-state index in [4.69, 9.17) is 30.4 Å². The first-order chi connectivity index (χ1) is 45.1. The monoisotopic (exact) mass is 1370 g/mol. The summed E-state index contributed by atoms with van der Waals surface area (Å²) in [5.41, 5.74) is 10.8. The maximum atomic E-state index is 13.4. The van der Waals surface area contributed by atoms with Crippen molar-refractivity contribution in [3.8, 4) is 0 Å². The van der Waals surface area contributed by atoms with Gasteiger partial charge in [0.2, 0.25) is 47.3 Å². The summed E-state index contributed by atoms with van der Waals surface area (Å²) >= 11 is 0. The second kappa shape index (κ2) is 54.4. The van der Waals surface area contributed by atoms with E-state index in [0.717, 1.165) is 9.80 Å². The molecular weight excluding hydrogens is 1260 g/mol. The van der Waals surface area contributed by atoms with E-state index in [0.29, 0.717) is 38.6 Å². The molecule has 37 nitrogen and oxygen atoms in total. The summed E-state index contributed by atoms with van der Waals surface area (Å²) in [6, 6.07) is -3.89. The molecule has 0 spiro atoms. The molecule has 1 unspecified atom stereocenters. The molecule has 0 aliphatic rings. The summed E-state index contributed by atoms with van der Waals surface area (Å²) in [5, 5.41) is 69.1. The molecule has 37 heteroatoms. The molecular formula is C58H105N13O24. The van der Waals surface area contributed by atoms with Crippen LogP contribution in [0.15, 0.2) is 0 Å². The number of unbranched alkanes of at least 4 members (excludes halogenated alkanes) is 3. The molecule has 0 radical (unpaired) electrons. The number of Topliss-reactive ketones (excluding diaryl/α,β-unsaturated/α-hetero) is 2. The molecule has 0 aromatic carbocycles. The molecule has 95 heavy (non-hydrogen) atoms. The third kappa shape index (κ3) is 51.2. The van der Waals surface area contributed by atoms with Crippen molar-refractivity contribution < 1.29 is 119 Å². The van der Waals surface area contributed by atoms with E-state index in [1.165, 1.54) is 18.7 Å². The predicted molar refractivity (Wildman–Crippen MR) is 339 cm³/mol. The fourth-order valence-electron chi connectivity index (χ4n) is 8.84. The number of nitrogens with zero attached hydrogens (tertiary/aromatic N) is 3. The summed E-state index contributed by atoms with van der Waals surface area (Å²) < 4.78 is 21.4. The van der Waals surface area contributed by atoms with E-state index in [1.807, 2.05) is 0 Å². The Morgan fingerprint density at radius 3 is 1.18 bits per heavy atom. The molecule has 4 atom stereocenters. The van der Waals surface area contributed by atoms with Gasteiger partial charge in [-0.1, -0.05) is 0 Å². The van der Waals surface area contributed by atoms with Crippen molar-refractivity contribution in [3.63, 3.8) is 0 Å². The minimum atomic E-state index is -1.45. The Bertz CT molecular complexity index is 2350. The number of hydrogen-bond donors (Lipinski definition) is 15. The van der Waals surface area contributed by atoms with E-state index >= 15 is 0 Å². The van der Waals surface area contributed by atoms with Gasteiger partial charge < -0.3 is 87.8 Å². The lowest BCUT2D eigenvalue weighted by molar-refractivity contribution is -0.146. The predicted octanol–water partition coefficient (Wildman–Crippen LogP) is -5.17. The maximum absolute atomic E-state index is 13.4. The summed E-state index contributed by atoms with van der Waals surface area (Å²) in [5.74, 6) is -11.1. The van der Waals surface area contributed by atoms with Gasteiger partial charge in [-0.05, 0) is 84.5 Å². The van der Waals surface area contributed by atoms with Crippen molar-refractivity contribution in [2.24, 2.45) is 11.5 Å². The summed E-state index contributed by atoms with van der Waals surface area (Å²) in [6.07, 6.45) is 2.68. The van der Waals surface area contributed by atoms with Gasteiger partial charge in [0.05, 0.1) is 91.0 Å². The minimum absolute atomic E-state index is 0. The quantitative estimate of drug-likeness (QED) is 0.0253. The molecule has 0 aromatic heterocycles. The zero-order valence-electron chi connectivity index (χ0n) is 54.5. The number of ketones is 2. The largest absolute Gasteiger partial charge is 0.480 e. The van der Waals surface area contributed by atoms with Crippen molar-refractivity contribution in [2.45, 2.75) is 128 Å². The van der Waals surface area contributed by atoms with Crippen LogP contribution in [0.25, 0.3) is 0 Å². The maximum Gasteiger partial charge on any atom is 0.320 e. The molecule has 0 saturated carbocycles. The Kier molecular flexibility index (Phi) is 49.8. The standard InChI is InChI=1S/C58H101N13O24.2H2/c1-40(72)32-66-42(55(59)87)10-3-6-18-62-49(77)38-94-30-29-93-27-21-64-50(78)39-95-31-28-92-26-20-63-46(74)13-9-14-48(76)68-44(57(89)65-19-8-4-11-43(56(60)88)67-33-41(2)73)12-5-7-17-61-47(75)16-15-45(58(90)91)71(24-22-69(34-51(79)80)35-52(81)82)25-23-70(36-53(83)84)37-54(85)86;;/h42-45,66-67H,3-39H2,1-2H3,(H2,59,87)(H2,60,88)(H,61,75)(H,62,77)(H,63,74)(H,64,78)(H,65,89)(H,68,76)(H,79,80)(H,81,82)(H,83,84)(H,85,86)(H,90,91);2*1H/t42-,43-,44-,45?;;/m0../s1. The van der Waals surface area contributed by atoms with E-state index in [2.05, 4.69) is 42.5 Å². The second-order valence-electron chi connectivity index (χ2n) is 22.0. The molecule has 0 saturated heterocycles. The Morgan fingerprint density at radius 2 is 0.768 bits per heavy atom. The first kappa shape index (κ1) is 87.1. The number of aliphatic carboxylic acids is 5. The molecule has 0 heterocycles. The second-order valence-corrected chi connectivity index (χ2v) is 22.0. The smallest absolute Gasteiger partial charge is 0.320 e. The van der Waals surface area contributed by atoms with Gasteiger partial charge in [0.25, 0.3) is 0 Å². The highest BCUT2D eigenvalue weighted by Gasteiger charge is 2.29. The number of amides is 8. The molecule has 0 aromatic rings. The van der Waals surface area contributed by atoms with Crippen molar-refractivity contribution in [3.05, 3.63) is 0 Å². The number of carbonyl (C=O) groups is 15. The van der Waals surface area contributed by atoms with E-state index in [1.54, 1.807) is 0 Å². The lowest BCUT2D eigenvalue weighted by atomic mass is 10.1. The first-order valence-corrected chi connectivity index (χ1v) is 31.4. The van der Waals surface area contributed by atoms with Gasteiger partial charge in [-0.15, -0.1) is 0 Å². The van der Waals surface area contributed by atoms with E-state index in [-0.39, 0.29) is 208 Å². The van der Waals surface area contributed by atoms with Gasteiger partial charge in [0, 0.05) is 81.0 Å². The molecule has 0 rings (SSSR count). The summed E-state index contributed by atoms with van der Waals surface area (Å²) in [7, 11) is 0. The van der Waals surface area contributed by atoms with Crippen molar-refractivity contribution in [1.29, 1.82) is 0 Å². The molecule has 8 amide bonds. The van der Waals surface area contributed by atoms with Gasteiger partial charge in [0.15, 0.2) is 0 Å². The fraction of sp³-hybridized carbons (Fsp3) is 0.741. The van der Waals surface area contributed by atoms with Crippen LogP contribution >= 0.6 is 0 Å². The third-order valence-corrected chi connectivity index (χ3v) is 13.6. The van der Waals surface area contributed by atoms with Gasteiger partial charge in [-0.2, -0.15) is 0 Å². The number of carboxylic acids is 5. The highest BCUT2D eigenvalue weighted by Crippen LogP contribution is 2.11. The molecule has 0 aliphatic heterocycles. The van der Waals surface area contributed by atoms with Gasteiger partial charge in [-0.3, -0.25) is 97.3 Å². The average Bonchev–Trinajstić information content (AvgIpc) is 0.966. The van der Waals surface area contributed by atoms with Crippen LogP contribution in [0.5, 0.6) is 0 Å². The van der Waals surface area contributed by atoms with Crippen molar-refractivity contribution >= 4 is 88.7 Å². The number of nitrogens with two attached hydrogens (primary N) is 2. The Labute approximate surface area is 554 Å². The fourth-order valence-corrected chi connectivity index (χ4v) is 8.84. The summed E-state index contributed by atoms with van der Waals surface area (Å²) in [6.45, 7) is 0.130. The number of hydrogen-bond acceptors (Lipinski definition) is 24. The van der Waals surface area contributed by atoms with E-state index in [9.17, 15) is 97.5 Å². The minimum Gasteiger partial charge on any atom is -0.480 e. The number of carboxylic acid groups (broad SMARTS) is 5. The van der Waals surface area contributed by atoms with Crippen molar-refractivity contribution in [1.82, 2.24) is 57.2 Å². The SMILES string of the molecule is CC(=O)CN[C@@H](CCCCNC(=O)COCCOCCNC(=O)COCCOCCNC(=O)CCCC(=O)N[C@@H](CCCCNC(=O)CCC(C(=O)O)N(CCN(CC(=O)O)CC(=O)O)CCN(CC(=O)O)CC(=O)O)C(=O)NCCCC[C@H](NCC(C)=O)C(N)=O)C(N)=O.[HH].[HH]. The van der Waals surface area contributed by atoms with Crippen LogP contribution in [0, 0.1) is 0 Å². The van der Waals surface area contributed by atoms with Crippen molar-refractivity contribution in [2.75, 3.05) is 151 Å². The van der Waals surface area contributed by atoms with Crippen LogP contribution < -0.4 is 54.0 Å². The number of rotatable bonds is 64. The zero-order valence-corrected chi connectivity index (χ0v) is 54.5.